The summed E-state index contributed by atoms with van der Waals surface area (Å²) in [6.07, 6.45) is 2.50. The van der Waals surface area contributed by atoms with E-state index in [1.54, 1.807) is 14.0 Å². The van der Waals surface area contributed by atoms with Crippen molar-refractivity contribution in [1.82, 2.24) is 15.1 Å². The van der Waals surface area contributed by atoms with Gasteiger partial charge in [0, 0.05) is 26.7 Å². The first-order valence-corrected chi connectivity index (χ1v) is 8.43. The molecule has 0 aliphatic carbocycles. The van der Waals surface area contributed by atoms with Crippen molar-refractivity contribution in [2.24, 2.45) is 5.92 Å². The summed E-state index contributed by atoms with van der Waals surface area (Å²) in [6, 6.07) is 0. The van der Waals surface area contributed by atoms with Crippen molar-refractivity contribution in [3.63, 3.8) is 0 Å². The maximum atomic E-state index is 11.1. The molecule has 1 aromatic heterocycles. The van der Waals surface area contributed by atoms with E-state index >= 15 is 0 Å². The van der Waals surface area contributed by atoms with Gasteiger partial charge in [-0.3, -0.25) is 4.79 Å². The van der Waals surface area contributed by atoms with Crippen molar-refractivity contribution in [1.29, 1.82) is 0 Å². The second-order valence-electron chi connectivity index (χ2n) is 5.65. The average Bonchev–Trinajstić information content (AvgIpc) is 3.15. The Kier molecular flexibility index (Phi) is 6.53. The minimum absolute atomic E-state index is 0.437. The fourth-order valence-corrected chi connectivity index (χ4v) is 3.34. The van der Waals surface area contributed by atoms with Gasteiger partial charge in [-0.05, 0) is 25.9 Å². The highest BCUT2D eigenvalue weighted by atomic mass is 32.1. The quantitative estimate of drug-likeness (QED) is 0.732. The molecule has 0 amide bonds. The molecule has 0 radical (unpaired) electrons. The Labute approximate surface area is 134 Å². The SMILES string of the molecule is COCc1nnc(N(CCN2CCCC2)CC(C)C(=O)O)s1. The minimum atomic E-state index is -0.784. The van der Waals surface area contributed by atoms with E-state index in [0.717, 1.165) is 36.3 Å². The highest BCUT2D eigenvalue weighted by Crippen LogP contribution is 2.22. The van der Waals surface area contributed by atoms with Crippen LogP contribution >= 0.6 is 11.3 Å². The van der Waals surface area contributed by atoms with Crippen LogP contribution < -0.4 is 4.90 Å². The molecule has 1 N–H and O–H groups in total. The first-order chi connectivity index (χ1) is 10.6. The first kappa shape index (κ1) is 17.1. The van der Waals surface area contributed by atoms with Crippen molar-refractivity contribution in [2.75, 3.05) is 44.7 Å². The zero-order valence-electron chi connectivity index (χ0n) is 13.2. The molecule has 1 aliphatic heterocycles. The number of aromatic nitrogens is 2. The molecule has 0 saturated carbocycles. The Morgan fingerprint density at radius 3 is 2.82 bits per heavy atom. The van der Waals surface area contributed by atoms with E-state index < -0.39 is 11.9 Å². The number of hydrogen-bond acceptors (Lipinski definition) is 7. The van der Waals surface area contributed by atoms with Gasteiger partial charge in [-0.1, -0.05) is 18.3 Å². The van der Waals surface area contributed by atoms with Gasteiger partial charge in [0.25, 0.3) is 0 Å². The monoisotopic (exact) mass is 328 g/mol. The predicted molar refractivity (Wildman–Crippen MR) is 85.3 cm³/mol. The second kappa shape index (κ2) is 8.40. The average molecular weight is 328 g/mol. The standard InChI is InChI=1S/C14H24N4O3S/c1-11(13(19)20)9-18(8-7-17-5-3-4-6-17)14-16-15-12(22-14)10-21-2/h11H,3-10H2,1-2H3,(H,19,20). The Hall–Kier alpha value is -1.25. The van der Waals surface area contributed by atoms with Crippen molar-refractivity contribution in [2.45, 2.75) is 26.4 Å². The number of rotatable bonds is 9. The molecule has 1 fully saturated rings. The first-order valence-electron chi connectivity index (χ1n) is 7.61. The summed E-state index contributed by atoms with van der Waals surface area (Å²) < 4.78 is 5.07. The van der Waals surface area contributed by atoms with Crippen LogP contribution in [0.5, 0.6) is 0 Å². The van der Waals surface area contributed by atoms with Crippen molar-refractivity contribution < 1.29 is 14.6 Å². The number of hydrogen-bond donors (Lipinski definition) is 1. The molecule has 2 rings (SSSR count). The molecule has 2 heterocycles. The maximum absolute atomic E-state index is 11.1. The minimum Gasteiger partial charge on any atom is -0.481 e. The summed E-state index contributed by atoms with van der Waals surface area (Å²) in [5, 5.41) is 19.0. The fraction of sp³-hybridized carbons (Fsp3) is 0.786. The molecule has 1 aromatic rings. The number of carboxylic acids is 1. The van der Waals surface area contributed by atoms with Crippen molar-refractivity contribution in [3.8, 4) is 0 Å². The van der Waals surface area contributed by atoms with E-state index in [1.807, 2.05) is 4.90 Å². The normalized spacial score (nSPS) is 16.8. The number of aliphatic carboxylic acids is 1. The highest BCUT2D eigenvalue weighted by Gasteiger charge is 2.21. The zero-order chi connectivity index (χ0) is 15.9. The van der Waals surface area contributed by atoms with Crippen molar-refractivity contribution >= 4 is 22.4 Å². The number of methoxy groups -OCH3 is 1. The molecule has 1 aliphatic rings. The molecule has 22 heavy (non-hydrogen) atoms. The summed E-state index contributed by atoms with van der Waals surface area (Å²) in [4.78, 5) is 15.6. The smallest absolute Gasteiger partial charge is 0.308 e. The lowest BCUT2D eigenvalue weighted by molar-refractivity contribution is -0.140. The molecule has 0 bridgehead atoms. The van der Waals surface area contributed by atoms with Crippen LogP contribution in [0.1, 0.15) is 24.8 Å². The molecular formula is C14H24N4O3S. The van der Waals surface area contributed by atoms with Gasteiger partial charge < -0.3 is 19.6 Å². The van der Waals surface area contributed by atoms with Gasteiger partial charge >= 0.3 is 5.97 Å². The van der Waals surface area contributed by atoms with E-state index in [4.69, 9.17) is 9.84 Å². The lowest BCUT2D eigenvalue weighted by Gasteiger charge is -2.26. The van der Waals surface area contributed by atoms with Crippen LogP contribution in [0.25, 0.3) is 0 Å². The Bertz CT molecular complexity index is 476. The van der Waals surface area contributed by atoms with Crippen LogP contribution in [0.15, 0.2) is 0 Å². The van der Waals surface area contributed by atoms with E-state index in [9.17, 15) is 4.79 Å². The topological polar surface area (TPSA) is 78.8 Å². The third-order valence-corrected chi connectivity index (χ3v) is 4.75. The Balaban J connectivity index is 1.99. The van der Waals surface area contributed by atoms with E-state index in [1.165, 1.54) is 24.2 Å². The Morgan fingerprint density at radius 2 is 2.18 bits per heavy atom. The van der Waals surface area contributed by atoms with E-state index in [-0.39, 0.29) is 0 Å². The van der Waals surface area contributed by atoms with Crippen LogP contribution in [0.2, 0.25) is 0 Å². The molecular weight excluding hydrogens is 304 g/mol. The largest absolute Gasteiger partial charge is 0.481 e. The summed E-state index contributed by atoms with van der Waals surface area (Å²) in [5.41, 5.74) is 0. The summed E-state index contributed by atoms with van der Waals surface area (Å²) in [5.74, 6) is -1.22. The molecule has 0 aromatic carbocycles. The number of ether oxygens (including phenoxy) is 1. The number of anilines is 1. The molecule has 124 valence electrons. The molecule has 1 unspecified atom stereocenters. The molecule has 0 spiro atoms. The third-order valence-electron chi connectivity index (χ3n) is 3.80. The second-order valence-corrected chi connectivity index (χ2v) is 6.69. The number of nitrogens with zero attached hydrogens (tertiary/aromatic N) is 4. The van der Waals surface area contributed by atoms with Crippen LogP contribution in [0.4, 0.5) is 5.13 Å². The van der Waals surface area contributed by atoms with E-state index in [2.05, 4.69) is 15.1 Å². The van der Waals surface area contributed by atoms with Gasteiger partial charge in [0.2, 0.25) is 5.13 Å². The fourth-order valence-electron chi connectivity index (χ4n) is 2.50. The number of carbonyl (C=O) groups is 1. The van der Waals surface area contributed by atoms with Gasteiger partial charge in [-0.15, -0.1) is 10.2 Å². The van der Waals surface area contributed by atoms with Crippen LogP contribution in [0, 0.1) is 5.92 Å². The van der Waals surface area contributed by atoms with Crippen LogP contribution in [-0.4, -0.2) is 66.0 Å². The molecule has 1 saturated heterocycles. The van der Waals surface area contributed by atoms with Gasteiger partial charge in [0.1, 0.15) is 11.6 Å². The zero-order valence-corrected chi connectivity index (χ0v) is 14.0. The third kappa shape index (κ3) is 4.89. The van der Waals surface area contributed by atoms with E-state index in [0.29, 0.717) is 13.2 Å². The van der Waals surface area contributed by atoms with Gasteiger partial charge in [-0.25, -0.2) is 0 Å². The highest BCUT2D eigenvalue weighted by molar-refractivity contribution is 7.15. The van der Waals surface area contributed by atoms with Gasteiger partial charge in [0.05, 0.1) is 5.92 Å². The molecule has 7 nitrogen and oxygen atoms in total. The lowest BCUT2D eigenvalue weighted by Crippen LogP contribution is -2.38. The summed E-state index contributed by atoms with van der Waals surface area (Å²) in [7, 11) is 1.62. The van der Waals surface area contributed by atoms with Gasteiger partial charge in [-0.2, -0.15) is 0 Å². The van der Waals surface area contributed by atoms with Crippen LogP contribution in [0.3, 0.4) is 0 Å². The van der Waals surface area contributed by atoms with Crippen LogP contribution in [-0.2, 0) is 16.1 Å². The Morgan fingerprint density at radius 1 is 1.45 bits per heavy atom. The predicted octanol–water partition coefficient (Wildman–Crippen LogP) is 1.31. The summed E-state index contributed by atoms with van der Waals surface area (Å²) in [6.45, 7) is 6.59. The van der Waals surface area contributed by atoms with Crippen molar-refractivity contribution in [3.05, 3.63) is 5.01 Å². The number of likely N-dealkylation sites (tertiary alicyclic amines) is 1. The molecule has 8 heteroatoms. The lowest BCUT2D eigenvalue weighted by atomic mass is 10.2. The summed E-state index contributed by atoms with van der Waals surface area (Å²) >= 11 is 1.47. The maximum Gasteiger partial charge on any atom is 0.308 e. The molecule has 1 atom stereocenters. The number of carboxylic acid groups (broad SMARTS) is 1. The van der Waals surface area contributed by atoms with Gasteiger partial charge in [0.15, 0.2) is 0 Å².